The molecule has 0 amide bonds. The lowest BCUT2D eigenvalue weighted by molar-refractivity contribution is -0.384. The standard InChI is InChI=1S/C16H17FN6O2/c1-10-15(23(24)25)16(21(3)20-10)19-9-12-4-5-14(13(17)8-12)22-7-6-18-11(22)2/h4-8,19H,9H2,1-3H3. The summed E-state index contributed by atoms with van der Waals surface area (Å²) in [6, 6.07) is 4.82. The van der Waals surface area contributed by atoms with Gasteiger partial charge in [-0.2, -0.15) is 5.10 Å². The first-order valence-electron chi connectivity index (χ1n) is 7.59. The van der Waals surface area contributed by atoms with Crippen LogP contribution in [-0.4, -0.2) is 24.3 Å². The number of hydrogen-bond donors (Lipinski definition) is 1. The molecule has 0 bridgehead atoms. The van der Waals surface area contributed by atoms with Gasteiger partial charge in [-0.25, -0.2) is 14.1 Å². The summed E-state index contributed by atoms with van der Waals surface area (Å²) in [5.41, 5.74) is 1.31. The van der Waals surface area contributed by atoms with Crippen LogP contribution in [0, 0.1) is 29.8 Å². The lowest BCUT2D eigenvalue weighted by Crippen LogP contribution is -2.07. The molecule has 0 saturated heterocycles. The number of hydrogen-bond acceptors (Lipinski definition) is 5. The number of halogens is 1. The van der Waals surface area contributed by atoms with Gasteiger partial charge < -0.3 is 9.88 Å². The van der Waals surface area contributed by atoms with Crippen LogP contribution in [0.5, 0.6) is 0 Å². The molecule has 0 aliphatic carbocycles. The maximum atomic E-state index is 14.4. The number of rotatable bonds is 5. The number of aromatic nitrogens is 4. The zero-order valence-electron chi connectivity index (χ0n) is 14.0. The lowest BCUT2D eigenvalue weighted by Gasteiger charge is -2.10. The van der Waals surface area contributed by atoms with E-state index in [1.807, 2.05) is 0 Å². The second-order valence-corrected chi connectivity index (χ2v) is 5.65. The summed E-state index contributed by atoms with van der Waals surface area (Å²) in [5, 5.41) is 18.2. The molecule has 0 aliphatic heterocycles. The van der Waals surface area contributed by atoms with Crippen LogP contribution in [0.2, 0.25) is 0 Å². The zero-order valence-corrected chi connectivity index (χ0v) is 14.0. The molecule has 2 aromatic heterocycles. The van der Waals surface area contributed by atoms with E-state index < -0.39 is 10.7 Å². The van der Waals surface area contributed by atoms with Crippen molar-refractivity contribution >= 4 is 11.5 Å². The molecule has 1 N–H and O–H groups in total. The van der Waals surface area contributed by atoms with Crippen LogP contribution in [0.1, 0.15) is 17.1 Å². The molecule has 0 unspecified atom stereocenters. The van der Waals surface area contributed by atoms with Crippen molar-refractivity contribution in [3.63, 3.8) is 0 Å². The Balaban J connectivity index is 1.83. The van der Waals surface area contributed by atoms with Crippen LogP contribution in [-0.2, 0) is 13.6 Å². The van der Waals surface area contributed by atoms with Crippen LogP contribution < -0.4 is 5.32 Å². The third kappa shape index (κ3) is 3.08. The molecule has 2 heterocycles. The highest BCUT2D eigenvalue weighted by atomic mass is 19.1. The smallest absolute Gasteiger partial charge is 0.333 e. The quantitative estimate of drug-likeness (QED) is 0.568. The second kappa shape index (κ2) is 6.34. The van der Waals surface area contributed by atoms with E-state index in [2.05, 4.69) is 15.4 Å². The van der Waals surface area contributed by atoms with E-state index in [0.29, 0.717) is 22.8 Å². The number of aryl methyl sites for hydroxylation is 3. The number of nitro groups is 1. The van der Waals surface area contributed by atoms with E-state index >= 15 is 0 Å². The Bertz CT molecular complexity index is 946. The van der Waals surface area contributed by atoms with E-state index in [1.165, 1.54) is 10.7 Å². The predicted molar refractivity (Wildman–Crippen MR) is 90.2 cm³/mol. The summed E-state index contributed by atoms with van der Waals surface area (Å²) in [5.74, 6) is 0.583. The van der Waals surface area contributed by atoms with Gasteiger partial charge >= 0.3 is 5.69 Å². The van der Waals surface area contributed by atoms with Gasteiger partial charge in [-0.1, -0.05) is 6.07 Å². The molecule has 25 heavy (non-hydrogen) atoms. The number of benzene rings is 1. The van der Waals surface area contributed by atoms with Crippen molar-refractivity contribution in [2.45, 2.75) is 20.4 Å². The third-order valence-corrected chi connectivity index (χ3v) is 3.93. The van der Waals surface area contributed by atoms with Gasteiger partial charge in [0.25, 0.3) is 0 Å². The maximum Gasteiger partial charge on any atom is 0.333 e. The Morgan fingerprint density at radius 1 is 1.36 bits per heavy atom. The molecule has 0 saturated carbocycles. The van der Waals surface area contributed by atoms with Gasteiger partial charge in [0.05, 0.1) is 10.6 Å². The summed E-state index contributed by atoms with van der Waals surface area (Å²) in [4.78, 5) is 14.8. The maximum absolute atomic E-state index is 14.4. The summed E-state index contributed by atoms with van der Waals surface area (Å²) >= 11 is 0. The molecule has 9 heteroatoms. The van der Waals surface area contributed by atoms with Crippen LogP contribution in [0.3, 0.4) is 0 Å². The monoisotopic (exact) mass is 344 g/mol. The van der Waals surface area contributed by atoms with Crippen molar-refractivity contribution in [2.75, 3.05) is 5.32 Å². The van der Waals surface area contributed by atoms with Crippen molar-refractivity contribution in [2.24, 2.45) is 7.05 Å². The fraction of sp³-hybridized carbons (Fsp3) is 0.250. The number of nitrogens with one attached hydrogen (secondary N) is 1. The van der Waals surface area contributed by atoms with Crippen molar-refractivity contribution in [1.82, 2.24) is 19.3 Å². The lowest BCUT2D eigenvalue weighted by atomic mass is 10.2. The van der Waals surface area contributed by atoms with Gasteiger partial charge in [0.1, 0.15) is 17.3 Å². The van der Waals surface area contributed by atoms with Crippen LogP contribution in [0.25, 0.3) is 5.69 Å². The Morgan fingerprint density at radius 2 is 2.12 bits per heavy atom. The topological polar surface area (TPSA) is 90.8 Å². The molecule has 130 valence electrons. The first kappa shape index (κ1) is 16.6. The highest BCUT2D eigenvalue weighted by Gasteiger charge is 2.23. The molecular weight excluding hydrogens is 327 g/mol. The Hall–Kier alpha value is -3.23. The van der Waals surface area contributed by atoms with Crippen LogP contribution >= 0.6 is 0 Å². The van der Waals surface area contributed by atoms with Crippen LogP contribution in [0.4, 0.5) is 15.9 Å². The first-order valence-corrected chi connectivity index (χ1v) is 7.59. The summed E-state index contributed by atoms with van der Waals surface area (Å²) in [6.45, 7) is 3.60. The molecule has 1 aromatic carbocycles. The molecule has 0 aliphatic rings. The molecule has 3 rings (SSSR count). The molecule has 8 nitrogen and oxygen atoms in total. The number of anilines is 1. The minimum atomic E-state index is -0.476. The van der Waals surface area contributed by atoms with Gasteiger partial charge in [-0.05, 0) is 31.5 Å². The minimum absolute atomic E-state index is 0.0753. The molecule has 0 atom stereocenters. The minimum Gasteiger partial charge on any atom is -0.360 e. The van der Waals surface area contributed by atoms with E-state index in [9.17, 15) is 14.5 Å². The van der Waals surface area contributed by atoms with E-state index in [-0.39, 0.29) is 18.1 Å². The fourth-order valence-electron chi connectivity index (χ4n) is 2.74. The Labute approximate surface area is 143 Å². The molecule has 0 fully saturated rings. The first-order chi connectivity index (χ1) is 11.9. The molecular formula is C16H17FN6O2. The predicted octanol–water partition coefficient (Wildman–Crippen LogP) is 2.88. The molecule has 0 radical (unpaired) electrons. The second-order valence-electron chi connectivity index (χ2n) is 5.65. The zero-order chi connectivity index (χ0) is 18.1. The van der Waals surface area contributed by atoms with Gasteiger partial charge in [-0.3, -0.25) is 10.1 Å². The summed E-state index contributed by atoms with van der Waals surface area (Å²) in [7, 11) is 1.62. The van der Waals surface area contributed by atoms with Gasteiger partial charge in [-0.15, -0.1) is 0 Å². The van der Waals surface area contributed by atoms with E-state index in [0.717, 1.165) is 0 Å². The molecule has 3 aromatic rings. The normalized spacial score (nSPS) is 10.9. The van der Waals surface area contributed by atoms with Crippen molar-refractivity contribution in [1.29, 1.82) is 0 Å². The van der Waals surface area contributed by atoms with Crippen LogP contribution in [0.15, 0.2) is 30.6 Å². The van der Waals surface area contributed by atoms with Gasteiger partial charge in [0.2, 0.25) is 5.82 Å². The highest BCUT2D eigenvalue weighted by Crippen LogP contribution is 2.28. The average Bonchev–Trinajstić information content (AvgIpc) is 3.08. The molecule has 0 spiro atoms. The van der Waals surface area contributed by atoms with Gasteiger partial charge in [0, 0.05) is 26.0 Å². The van der Waals surface area contributed by atoms with E-state index in [4.69, 9.17) is 0 Å². The fourth-order valence-corrected chi connectivity index (χ4v) is 2.74. The SMILES string of the molecule is Cc1nn(C)c(NCc2ccc(-n3ccnc3C)c(F)c2)c1[N+](=O)[O-]. The number of nitrogens with zero attached hydrogens (tertiary/aromatic N) is 5. The summed E-state index contributed by atoms with van der Waals surface area (Å²) < 4.78 is 17.5. The Morgan fingerprint density at radius 3 is 2.72 bits per heavy atom. The largest absolute Gasteiger partial charge is 0.360 e. The number of imidazole rings is 1. The van der Waals surface area contributed by atoms with E-state index in [1.54, 1.807) is 50.0 Å². The Kier molecular flexibility index (Phi) is 4.22. The average molecular weight is 344 g/mol. The van der Waals surface area contributed by atoms with Gasteiger partial charge in [0.15, 0.2) is 0 Å². The van der Waals surface area contributed by atoms with Crippen molar-refractivity contribution in [3.8, 4) is 5.69 Å². The third-order valence-electron chi connectivity index (χ3n) is 3.93. The van der Waals surface area contributed by atoms with Crippen molar-refractivity contribution < 1.29 is 9.31 Å². The van der Waals surface area contributed by atoms with Crippen molar-refractivity contribution in [3.05, 3.63) is 63.6 Å². The highest BCUT2D eigenvalue weighted by molar-refractivity contribution is 5.59. The summed E-state index contributed by atoms with van der Waals surface area (Å²) in [6.07, 6.45) is 3.29.